The molecular weight excluding hydrogens is 410 g/mol. The predicted molar refractivity (Wildman–Crippen MR) is 118 cm³/mol. The number of halogens is 1. The van der Waals surface area contributed by atoms with Crippen molar-refractivity contribution in [2.45, 2.75) is 27.7 Å². The molecule has 0 atom stereocenters. The second-order valence-electron chi connectivity index (χ2n) is 6.47. The molecule has 10 heteroatoms. The largest absolute Gasteiger partial charge is 0.494 e. The molecule has 0 aliphatic heterocycles. The fourth-order valence-electron chi connectivity index (χ4n) is 2.96. The first-order valence-electron chi connectivity index (χ1n) is 9.32. The lowest BCUT2D eigenvalue weighted by Gasteiger charge is -2.24. The number of nitro groups is 1. The first kappa shape index (κ1) is 23.1. The summed E-state index contributed by atoms with van der Waals surface area (Å²) in [5, 5.41) is 22.4. The Morgan fingerprint density at radius 1 is 1.23 bits per heavy atom. The third kappa shape index (κ3) is 5.24. The summed E-state index contributed by atoms with van der Waals surface area (Å²) >= 11 is 6.17. The Balaban J connectivity index is 2.64. The summed E-state index contributed by atoms with van der Waals surface area (Å²) in [4.78, 5) is 24.6. The summed E-state index contributed by atoms with van der Waals surface area (Å²) in [6, 6.07) is 6.31. The van der Waals surface area contributed by atoms with Crippen LogP contribution in [0.4, 0.5) is 28.4 Å². The molecule has 0 unspecified atom stereocenters. The van der Waals surface area contributed by atoms with Crippen LogP contribution in [-0.4, -0.2) is 31.0 Å². The van der Waals surface area contributed by atoms with E-state index in [1.54, 1.807) is 25.1 Å². The van der Waals surface area contributed by atoms with E-state index in [4.69, 9.17) is 16.3 Å². The Hall–Kier alpha value is -3.20. The number of hydrogen-bond acceptors (Lipinski definition) is 7. The number of nitrogens with zero attached hydrogens (tertiary/aromatic N) is 4. The van der Waals surface area contributed by atoms with Crippen LogP contribution in [0.3, 0.4) is 0 Å². The van der Waals surface area contributed by atoms with E-state index in [-0.39, 0.29) is 28.0 Å². The van der Waals surface area contributed by atoms with E-state index in [0.717, 1.165) is 18.8 Å². The topological polar surface area (TPSA) is 109 Å². The van der Waals surface area contributed by atoms with Gasteiger partial charge in [-0.05, 0) is 38.5 Å². The highest BCUT2D eigenvalue weighted by Crippen LogP contribution is 2.41. The monoisotopic (exact) mass is 433 g/mol. The summed E-state index contributed by atoms with van der Waals surface area (Å²) in [5.41, 5.74) is 1.78. The molecule has 9 nitrogen and oxygen atoms in total. The number of nitro benzene ring substituents is 1. The zero-order valence-electron chi connectivity index (χ0n) is 17.5. The summed E-state index contributed by atoms with van der Waals surface area (Å²) in [6.07, 6.45) is 0. The van der Waals surface area contributed by atoms with Gasteiger partial charge in [-0.15, -0.1) is 10.2 Å². The number of anilines is 2. The zero-order chi connectivity index (χ0) is 22.4. The van der Waals surface area contributed by atoms with Crippen LogP contribution in [-0.2, 0) is 4.79 Å². The fourth-order valence-corrected chi connectivity index (χ4v) is 3.27. The van der Waals surface area contributed by atoms with E-state index >= 15 is 0 Å². The Kier molecular flexibility index (Phi) is 7.71. The van der Waals surface area contributed by atoms with Gasteiger partial charge in [-0.25, -0.2) is 0 Å². The van der Waals surface area contributed by atoms with Crippen molar-refractivity contribution in [3.8, 4) is 5.75 Å². The van der Waals surface area contributed by atoms with E-state index in [0.29, 0.717) is 17.0 Å². The van der Waals surface area contributed by atoms with Gasteiger partial charge >= 0.3 is 0 Å². The number of amides is 1. The van der Waals surface area contributed by atoms with Gasteiger partial charge in [0.25, 0.3) is 5.69 Å². The Morgan fingerprint density at radius 3 is 2.43 bits per heavy atom. The van der Waals surface area contributed by atoms with Gasteiger partial charge in [0.2, 0.25) is 5.91 Å². The van der Waals surface area contributed by atoms with E-state index < -0.39 is 4.92 Å². The van der Waals surface area contributed by atoms with Crippen molar-refractivity contribution in [3.63, 3.8) is 0 Å². The smallest absolute Gasteiger partial charge is 0.298 e. The maximum Gasteiger partial charge on any atom is 0.298 e. The fraction of sp³-hybridized carbons (Fsp3) is 0.350. The van der Waals surface area contributed by atoms with Crippen molar-refractivity contribution in [2.75, 3.05) is 30.4 Å². The molecule has 1 amide bonds. The number of methoxy groups -OCH3 is 1. The van der Waals surface area contributed by atoms with E-state index in [1.807, 2.05) is 13.8 Å². The van der Waals surface area contributed by atoms with E-state index in [1.165, 1.54) is 20.1 Å². The molecule has 160 valence electrons. The van der Waals surface area contributed by atoms with Gasteiger partial charge in [-0.1, -0.05) is 11.6 Å². The van der Waals surface area contributed by atoms with E-state index in [2.05, 4.69) is 20.4 Å². The number of nitrogens with one attached hydrogen (secondary N) is 1. The predicted octanol–water partition coefficient (Wildman–Crippen LogP) is 5.79. The molecule has 0 spiro atoms. The normalized spacial score (nSPS) is 10.9. The Labute approximate surface area is 179 Å². The van der Waals surface area contributed by atoms with Gasteiger partial charge in [0.15, 0.2) is 5.69 Å². The van der Waals surface area contributed by atoms with Crippen LogP contribution in [0.1, 0.15) is 26.3 Å². The minimum atomic E-state index is -0.563. The Bertz CT molecular complexity index is 990. The second kappa shape index (κ2) is 10.0. The lowest BCUT2D eigenvalue weighted by molar-refractivity contribution is -0.384. The zero-order valence-corrected chi connectivity index (χ0v) is 18.3. The summed E-state index contributed by atoms with van der Waals surface area (Å²) in [7, 11) is 1.53. The molecule has 0 aliphatic rings. The quantitative estimate of drug-likeness (QED) is 0.322. The molecule has 1 N–H and O–H groups in total. The van der Waals surface area contributed by atoms with Gasteiger partial charge < -0.3 is 15.0 Å². The van der Waals surface area contributed by atoms with Crippen molar-refractivity contribution in [1.29, 1.82) is 0 Å². The molecule has 0 saturated carbocycles. The molecule has 2 aromatic rings. The summed E-state index contributed by atoms with van der Waals surface area (Å²) in [6.45, 7) is 8.56. The standard InChI is InChI=1S/C20H24ClN5O4/c1-6-25(7-2)17-10-15(22-13(4)27)16(11-19(17)30-5)23-24-20-14(21)8-12(3)9-18(20)26(28)29/h8-11H,6-7H2,1-5H3,(H,22,27). The number of rotatable bonds is 8. The average Bonchev–Trinajstić information content (AvgIpc) is 2.68. The molecule has 2 rings (SSSR count). The van der Waals surface area contributed by atoms with Gasteiger partial charge in [0.1, 0.15) is 11.4 Å². The molecular formula is C20H24ClN5O4. The first-order valence-corrected chi connectivity index (χ1v) is 9.70. The van der Waals surface area contributed by atoms with Crippen LogP contribution in [0, 0.1) is 17.0 Å². The highest BCUT2D eigenvalue weighted by Gasteiger charge is 2.19. The lowest BCUT2D eigenvalue weighted by Crippen LogP contribution is -2.22. The summed E-state index contributed by atoms with van der Waals surface area (Å²) in [5.74, 6) is 0.243. The molecule has 30 heavy (non-hydrogen) atoms. The number of carbonyl (C=O) groups is 1. The molecule has 0 radical (unpaired) electrons. The van der Waals surface area contributed by atoms with Crippen molar-refractivity contribution >= 4 is 45.9 Å². The molecule has 2 aromatic carbocycles. The molecule has 0 bridgehead atoms. The van der Waals surface area contributed by atoms with Crippen LogP contribution < -0.4 is 15.0 Å². The number of ether oxygens (including phenoxy) is 1. The van der Waals surface area contributed by atoms with Crippen LogP contribution in [0.5, 0.6) is 5.75 Å². The first-order chi connectivity index (χ1) is 14.2. The van der Waals surface area contributed by atoms with Gasteiger partial charge in [-0.3, -0.25) is 14.9 Å². The van der Waals surface area contributed by atoms with Crippen LogP contribution in [0.15, 0.2) is 34.5 Å². The highest BCUT2D eigenvalue weighted by molar-refractivity contribution is 6.33. The average molecular weight is 434 g/mol. The maximum atomic E-state index is 11.7. The molecule has 0 fully saturated rings. The van der Waals surface area contributed by atoms with Crippen molar-refractivity contribution in [3.05, 3.63) is 45.0 Å². The van der Waals surface area contributed by atoms with Crippen LogP contribution in [0.25, 0.3) is 0 Å². The number of hydrogen-bond donors (Lipinski definition) is 1. The summed E-state index contributed by atoms with van der Waals surface area (Å²) < 4.78 is 5.49. The lowest BCUT2D eigenvalue weighted by atomic mass is 10.2. The van der Waals surface area contributed by atoms with Gasteiger partial charge in [-0.2, -0.15) is 0 Å². The molecule has 0 saturated heterocycles. The van der Waals surface area contributed by atoms with Crippen LogP contribution in [0.2, 0.25) is 5.02 Å². The van der Waals surface area contributed by atoms with Crippen LogP contribution >= 0.6 is 11.6 Å². The van der Waals surface area contributed by atoms with Gasteiger partial charge in [0, 0.05) is 32.1 Å². The van der Waals surface area contributed by atoms with Crippen molar-refractivity contribution < 1.29 is 14.5 Å². The molecule has 0 aromatic heterocycles. The number of aryl methyl sites for hydroxylation is 1. The third-order valence-corrected chi connectivity index (χ3v) is 4.64. The minimum Gasteiger partial charge on any atom is -0.494 e. The van der Waals surface area contributed by atoms with Gasteiger partial charge in [0.05, 0.1) is 28.4 Å². The number of carbonyl (C=O) groups excluding carboxylic acids is 1. The third-order valence-electron chi connectivity index (χ3n) is 4.35. The minimum absolute atomic E-state index is 0.0622. The van der Waals surface area contributed by atoms with Crippen molar-refractivity contribution in [1.82, 2.24) is 0 Å². The maximum absolute atomic E-state index is 11.7. The SMILES string of the molecule is CCN(CC)c1cc(NC(C)=O)c(N=Nc2c(Cl)cc(C)cc2[N+](=O)[O-])cc1OC. The number of azo groups is 1. The number of benzene rings is 2. The molecule has 0 aliphatic carbocycles. The van der Waals surface area contributed by atoms with Crippen molar-refractivity contribution in [2.24, 2.45) is 10.2 Å². The Morgan fingerprint density at radius 2 is 1.90 bits per heavy atom. The molecule has 0 heterocycles. The highest BCUT2D eigenvalue weighted by atomic mass is 35.5. The second-order valence-corrected chi connectivity index (χ2v) is 6.87. The van der Waals surface area contributed by atoms with E-state index in [9.17, 15) is 14.9 Å².